The SMILES string of the molecule is Nc1cc(Sc2ncc(N3CCC4(CC3)CO[C@@H](I)C4)nc2N)c(Cl)c(Cl)n1. The zero-order valence-electron chi connectivity index (χ0n) is 14.9. The van der Waals surface area contributed by atoms with Gasteiger partial charge in [0.25, 0.3) is 0 Å². The smallest absolute Gasteiger partial charge is 0.158 e. The second-order valence-electron chi connectivity index (χ2n) is 7.08. The molecule has 4 heterocycles. The summed E-state index contributed by atoms with van der Waals surface area (Å²) in [4.78, 5) is 15.9. The molecule has 7 nitrogen and oxygen atoms in total. The van der Waals surface area contributed by atoms with Crippen LogP contribution < -0.4 is 16.4 Å². The summed E-state index contributed by atoms with van der Waals surface area (Å²) in [5, 5.41) is 1.02. The number of rotatable bonds is 3. The predicted molar refractivity (Wildman–Crippen MR) is 121 cm³/mol. The number of nitrogens with zero attached hydrogens (tertiary/aromatic N) is 4. The van der Waals surface area contributed by atoms with Gasteiger partial charge in [0, 0.05) is 23.4 Å². The van der Waals surface area contributed by atoms with Crippen molar-refractivity contribution in [3.8, 4) is 0 Å². The number of ether oxygens (including phenoxy) is 1. The Bertz CT molecular complexity index is 896. The molecule has 4 rings (SSSR count). The summed E-state index contributed by atoms with van der Waals surface area (Å²) < 4.78 is 6.12. The maximum Gasteiger partial charge on any atom is 0.158 e. The summed E-state index contributed by atoms with van der Waals surface area (Å²) in [7, 11) is 0. The largest absolute Gasteiger partial charge is 0.384 e. The van der Waals surface area contributed by atoms with Crippen LogP contribution in [0.15, 0.2) is 22.2 Å². The molecule has 1 atom stereocenters. The number of hydrogen-bond acceptors (Lipinski definition) is 8. The molecule has 1 spiro atoms. The number of pyridine rings is 1. The standard InChI is InChI=1S/C17H19Cl2IN6OS/c18-13-9(5-11(21)24-14(13)19)28-16-15(22)25-12(7-23-16)26-3-1-17(2-4-26)6-10(20)27-8-17/h5,7,10H,1-4,6,8H2,(H2,21,24)(H2,22,25)/t10-/m1/s1. The molecule has 0 amide bonds. The van der Waals surface area contributed by atoms with Gasteiger partial charge < -0.3 is 21.1 Å². The Morgan fingerprint density at radius 1 is 1.25 bits per heavy atom. The molecule has 2 saturated heterocycles. The first-order valence-electron chi connectivity index (χ1n) is 8.78. The average molecular weight is 553 g/mol. The third-order valence-electron chi connectivity index (χ3n) is 5.17. The Morgan fingerprint density at radius 3 is 2.64 bits per heavy atom. The van der Waals surface area contributed by atoms with Crippen LogP contribution in [-0.2, 0) is 4.74 Å². The average Bonchev–Trinajstić information content (AvgIpc) is 3.01. The van der Waals surface area contributed by atoms with Crippen molar-refractivity contribution in [1.82, 2.24) is 15.0 Å². The summed E-state index contributed by atoms with van der Waals surface area (Å²) in [6.45, 7) is 2.71. The highest BCUT2D eigenvalue weighted by Gasteiger charge is 2.41. The van der Waals surface area contributed by atoms with E-state index in [1.807, 2.05) is 0 Å². The molecule has 0 radical (unpaired) electrons. The Morgan fingerprint density at radius 2 is 2.00 bits per heavy atom. The van der Waals surface area contributed by atoms with Crippen LogP contribution in [0.3, 0.4) is 0 Å². The lowest BCUT2D eigenvalue weighted by molar-refractivity contribution is 0.128. The van der Waals surface area contributed by atoms with Gasteiger partial charge in [0.05, 0.1) is 17.8 Å². The Balaban J connectivity index is 1.47. The number of aromatic nitrogens is 3. The summed E-state index contributed by atoms with van der Waals surface area (Å²) in [6, 6.07) is 1.64. The predicted octanol–water partition coefficient (Wildman–Crippen LogP) is 4.26. The van der Waals surface area contributed by atoms with Crippen LogP contribution in [0, 0.1) is 5.41 Å². The number of piperidine rings is 1. The number of nitrogen functional groups attached to an aromatic ring is 2. The van der Waals surface area contributed by atoms with E-state index in [1.165, 1.54) is 11.8 Å². The van der Waals surface area contributed by atoms with Crippen LogP contribution in [0.5, 0.6) is 0 Å². The Kier molecular flexibility index (Phi) is 5.99. The van der Waals surface area contributed by atoms with Crippen LogP contribution in [0.25, 0.3) is 0 Å². The number of anilines is 3. The van der Waals surface area contributed by atoms with Gasteiger partial charge in [-0.05, 0) is 25.3 Å². The minimum Gasteiger partial charge on any atom is -0.384 e. The van der Waals surface area contributed by atoms with Gasteiger partial charge in [0.1, 0.15) is 20.8 Å². The van der Waals surface area contributed by atoms with Crippen molar-refractivity contribution >= 4 is 75.0 Å². The fourth-order valence-electron chi connectivity index (χ4n) is 3.57. The molecule has 0 aromatic carbocycles. The second-order valence-corrected chi connectivity index (χ2v) is 10.2. The summed E-state index contributed by atoms with van der Waals surface area (Å²) in [5.74, 6) is 1.42. The van der Waals surface area contributed by atoms with E-state index in [2.05, 4.69) is 42.4 Å². The quantitative estimate of drug-likeness (QED) is 0.331. The van der Waals surface area contributed by atoms with Gasteiger partial charge in [-0.25, -0.2) is 15.0 Å². The lowest BCUT2D eigenvalue weighted by atomic mass is 9.78. The van der Waals surface area contributed by atoms with E-state index in [0.29, 0.717) is 30.3 Å². The Labute approximate surface area is 191 Å². The highest BCUT2D eigenvalue weighted by molar-refractivity contribution is 14.1. The normalized spacial score (nSPS) is 21.4. The molecule has 2 aromatic rings. The molecule has 2 aromatic heterocycles. The van der Waals surface area contributed by atoms with Crippen LogP contribution >= 0.6 is 57.6 Å². The van der Waals surface area contributed by atoms with E-state index in [1.54, 1.807) is 12.3 Å². The molecule has 0 saturated carbocycles. The van der Waals surface area contributed by atoms with Gasteiger partial charge >= 0.3 is 0 Å². The van der Waals surface area contributed by atoms with E-state index >= 15 is 0 Å². The number of hydrogen-bond donors (Lipinski definition) is 2. The second kappa shape index (κ2) is 8.17. The van der Waals surface area contributed by atoms with Crippen molar-refractivity contribution in [2.75, 3.05) is 36.1 Å². The van der Waals surface area contributed by atoms with E-state index < -0.39 is 0 Å². The van der Waals surface area contributed by atoms with Gasteiger partial charge in [-0.15, -0.1) is 0 Å². The van der Waals surface area contributed by atoms with Crippen LogP contribution in [0.1, 0.15) is 19.3 Å². The number of alkyl halides is 1. The van der Waals surface area contributed by atoms with E-state index in [9.17, 15) is 0 Å². The van der Waals surface area contributed by atoms with Crippen molar-refractivity contribution in [1.29, 1.82) is 0 Å². The van der Waals surface area contributed by atoms with Crippen LogP contribution in [0.2, 0.25) is 10.2 Å². The van der Waals surface area contributed by atoms with Crippen molar-refractivity contribution in [2.45, 2.75) is 33.3 Å². The molecule has 2 aliphatic heterocycles. The highest BCUT2D eigenvalue weighted by atomic mass is 127. The van der Waals surface area contributed by atoms with Gasteiger partial charge in [-0.1, -0.05) is 57.6 Å². The molecule has 0 aliphatic carbocycles. The molecule has 0 bridgehead atoms. The van der Waals surface area contributed by atoms with Crippen LogP contribution in [0.4, 0.5) is 17.5 Å². The van der Waals surface area contributed by atoms with Crippen molar-refractivity contribution < 1.29 is 4.74 Å². The van der Waals surface area contributed by atoms with Gasteiger partial charge in [0.2, 0.25) is 0 Å². The van der Waals surface area contributed by atoms with Gasteiger partial charge in [-0.2, -0.15) is 0 Å². The van der Waals surface area contributed by atoms with Crippen LogP contribution in [-0.4, -0.2) is 38.8 Å². The highest BCUT2D eigenvalue weighted by Crippen LogP contribution is 2.44. The third kappa shape index (κ3) is 4.23. The molecule has 2 fully saturated rings. The number of halogens is 3. The fourth-order valence-corrected chi connectivity index (χ4v) is 5.98. The molecule has 4 N–H and O–H groups in total. The summed E-state index contributed by atoms with van der Waals surface area (Å²) in [6.07, 6.45) is 5.07. The van der Waals surface area contributed by atoms with Crippen molar-refractivity contribution in [3.63, 3.8) is 0 Å². The van der Waals surface area contributed by atoms with Gasteiger partial charge in [-0.3, -0.25) is 0 Å². The topological polar surface area (TPSA) is 103 Å². The lowest BCUT2D eigenvalue weighted by Crippen LogP contribution is -2.41. The maximum absolute atomic E-state index is 6.21. The van der Waals surface area contributed by atoms with Gasteiger partial charge in [0.15, 0.2) is 11.0 Å². The van der Waals surface area contributed by atoms with E-state index in [0.717, 1.165) is 44.8 Å². The molecule has 0 unspecified atom stereocenters. The zero-order chi connectivity index (χ0) is 19.9. The molecular weight excluding hydrogens is 534 g/mol. The minimum atomic E-state index is 0.152. The Hall–Kier alpha value is -0.750. The summed E-state index contributed by atoms with van der Waals surface area (Å²) in [5.41, 5.74) is 12.2. The first kappa shape index (κ1) is 20.5. The summed E-state index contributed by atoms with van der Waals surface area (Å²) >= 11 is 15.9. The van der Waals surface area contributed by atoms with E-state index in [4.69, 9.17) is 39.4 Å². The fraction of sp³-hybridized carbons (Fsp3) is 0.471. The molecule has 2 aliphatic rings. The molecule has 28 heavy (non-hydrogen) atoms. The molecule has 11 heteroatoms. The molecule has 150 valence electrons. The molecular formula is C17H19Cl2IN6OS. The van der Waals surface area contributed by atoms with Crippen molar-refractivity contribution in [3.05, 3.63) is 22.4 Å². The first-order valence-corrected chi connectivity index (χ1v) is 11.6. The zero-order valence-corrected chi connectivity index (χ0v) is 19.4. The third-order valence-corrected chi connectivity index (χ3v) is 7.89. The minimum absolute atomic E-state index is 0.152. The van der Waals surface area contributed by atoms with E-state index in [-0.39, 0.29) is 11.0 Å². The van der Waals surface area contributed by atoms with Crippen molar-refractivity contribution in [2.24, 2.45) is 5.41 Å². The monoisotopic (exact) mass is 552 g/mol. The lowest BCUT2D eigenvalue weighted by Gasteiger charge is -2.38. The maximum atomic E-state index is 6.21. The number of nitrogens with two attached hydrogens (primary N) is 2. The first-order chi connectivity index (χ1) is 13.3.